The average Bonchev–Trinajstić information content (AvgIpc) is 2.43. The van der Waals surface area contributed by atoms with Crippen molar-refractivity contribution in [2.45, 2.75) is 117 Å². The Morgan fingerprint density at radius 3 is 1.87 bits per heavy atom. The summed E-state index contributed by atoms with van der Waals surface area (Å²) in [5.41, 5.74) is 0.167. The molecule has 1 N–H and O–H groups in total. The summed E-state index contributed by atoms with van der Waals surface area (Å²) >= 11 is 0. The van der Waals surface area contributed by atoms with Crippen LogP contribution in [-0.2, 0) is 4.79 Å². The van der Waals surface area contributed by atoms with Crippen molar-refractivity contribution in [1.29, 1.82) is 0 Å². The molecule has 3 unspecified atom stereocenters. The van der Waals surface area contributed by atoms with Crippen LogP contribution in [0.1, 0.15) is 112 Å². The summed E-state index contributed by atoms with van der Waals surface area (Å²) in [6.45, 7) is 11.1. The van der Waals surface area contributed by atoms with Crippen LogP contribution >= 0.6 is 9.24 Å². The summed E-state index contributed by atoms with van der Waals surface area (Å²) in [6, 6.07) is 0. The minimum Gasteiger partial charge on any atom is -0.348 e. The first-order valence-electron chi connectivity index (χ1n) is 9.88. The normalized spacial score (nSPS) is 16.6. The Hall–Kier alpha value is -0.100. The number of unbranched alkanes of at least 4 members (excludes halogenated alkanes) is 5. The standard InChI is InChI=1S/C20H42NOP/c1-6-9-11-13-16-19(4,15-12-10-7-2)17-18(22)21-20(5,23)14-8-3/h6-17,23H2,1-5H3,(H,21,22). The molecule has 0 spiro atoms. The van der Waals surface area contributed by atoms with Crippen molar-refractivity contribution in [3.63, 3.8) is 0 Å². The van der Waals surface area contributed by atoms with E-state index in [2.05, 4.69) is 49.2 Å². The molecule has 0 aromatic rings. The molecule has 0 aliphatic heterocycles. The molecule has 2 nitrogen and oxygen atoms in total. The molecule has 0 rings (SSSR count). The lowest BCUT2D eigenvalue weighted by Crippen LogP contribution is -2.42. The molecule has 0 bridgehead atoms. The predicted molar refractivity (Wildman–Crippen MR) is 107 cm³/mol. The molecule has 0 fully saturated rings. The Morgan fingerprint density at radius 2 is 1.35 bits per heavy atom. The maximum atomic E-state index is 12.5. The quantitative estimate of drug-likeness (QED) is 0.285. The summed E-state index contributed by atoms with van der Waals surface area (Å²) in [4.78, 5) is 12.5. The molecule has 23 heavy (non-hydrogen) atoms. The highest BCUT2D eigenvalue weighted by molar-refractivity contribution is 7.18. The third-order valence-electron chi connectivity index (χ3n) is 4.80. The van der Waals surface area contributed by atoms with E-state index in [0.29, 0.717) is 6.42 Å². The van der Waals surface area contributed by atoms with Crippen molar-refractivity contribution in [1.82, 2.24) is 5.32 Å². The number of nitrogens with one attached hydrogen (secondary N) is 1. The van der Waals surface area contributed by atoms with Gasteiger partial charge in [-0.3, -0.25) is 4.79 Å². The second-order valence-electron chi connectivity index (χ2n) is 7.97. The maximum absolute atomic E-state index is 12.5. The number of rotatable bonds is 14. The van der Waals surface area contributed by atoms with Crippen LogP contribution in [0.3, 0.4) is 0 Å². The molecule has 0 aliphatic rings. The van der Waals surface area contributed by atoms with Crippen LogP contribution in [0.25, 0.3) is 0 Å². The van der Waals surface area contributed by atoms with Crippen molar-refractivity contribution < 1.29 is 4.79 Å². The fourth-order valence-corrected chi connectivity index (χ4v) is 3.86. The minimum absolute atomic E-state index is 0.154. The van der Waals surface area contributed by atoms with Crippen LogP contribution in [0, 0.1) is 5.41 Å². The SMILES string of the molecule is CCCCCCC(C)(CCCCC)CC(=O)NC(C)(P)CCC. The second kappa shape index (κ2) is 12.3. The van der Waals surface area contributed by atoms with Gasteiger partial charge in [-0.1, -0.05) is 79.1 Å². The molecule has 0 aromatic heterocycles. The molecule has 1 amide bonds. The van der Waals surface area contributed by atoms with E-state index in [-0.39, 0.29) is 16.6 Å². The third-order valence-corrected chi connectivity index (χ3v) is 5.23. The number of hydrogen-bond donors (Lipinski definition) is 1. The maximum Gasteiger partial charge on any atom is 0.221 e. The first kappa shape index (κ1) is 22.9. The van der Waals surface area contributed by atoms with Crippen molar-refractivity contribution in [2.75, 3.05) is 0 Å². The summed E-state index contributed by atoms with van der Waals surface area (Å²) in [5, 5.41) is 3.07. The van der Waals surface area contributed by atoms with Gasteiger partial charge < -0.3 is 5.32 Å². The number of amides is 1. The molecule has 0 aliphatic carbocycles. The molecule has 0 aromatic carbocycles. The van der Waals surface area contributed by atoms with Gasteiger partial charge in [0.1, 0.15) is 0 Å². The van der Waals surface area contributed by atoms with E-state index in [0.717, 1.165) is 12.8 Å². The third kappa shape index (κ3) is 12.0. The van der Waals surface area contributed by atoms with E-state index >= 15 is 0 Å². The van der Waals surface area contributed by atoms with Gasteiger partial charge in [0.05, 0.1) is 5.28 Å². The second-order valence-corrected chi connectivity index (χ2v) is 9.25. The highest BCUT2D eigenvalue weighted by atomic mass is 31.0. The van der Waals surface area contributed by atoms with E-state index in [1.165, 1.54) is 57.8 Å². The van der Waals surface area contributed by atoms with Crippen LogP contribution in [0.5, 0.6) is 0 Å². The summed E-state index contributed by atoms with van der Waals surface area (Å²) < 4.78 is 0. The number of hydrogen-bond acceptors (Lipinski definition) is 1. The van der Waals surface area contributed by atoms with E-state index in [4.69, 9.17) is 0 Å². The molecular weight excluding hydrogens is 301 g/mol. The first-order valence-corrected chi connectivity index (χ1v) is 10.5. The highest BCUT2D eigenvalue weighted by Gasteiger charge is 2.29. The van der Waals surface area contributed by atoms with Gasteiger partial charge >= 0.3 is 0 Å². The minimum atomic E-state index is -0.154. The zero-order chi connectivity index (χ0) is 17.8. The van der Waals surface area contributed by atoms with Gasteiger partial charge in [0.15, 0.2) is 0 Å². The van der Waals surface area contributed by atoms with Gasteiger partial charge in [0.2, 0.25) is 5.91 Å². The van der Waals surface area contributed by atoms with Crippen LogP contribution in [0.4, 0.5) is 0 Å². The predicted octanol–water partition coefficient (Wildman–Crippen LogP) is 6.44. The number of carbonyl (C=O) groups excluding carboxylic acids is 1. The fraction of sp³-hybridized carbons (Fsp3) is 0.950. The lowest BCUT2D eigenvalue weighted by Gasteiger charge is -2.32. The van der Waals surface area contributed by atoms with E-state index < -0.39 is 0 Å². The highest BCUT2D eigenvalue weighted by Crippen LogP contribution is 2.35. The van der Waals surface area contributed by atoms with E-state index in [1.54, 1.807) is 0 Å². The van der Waals surface area contributed by atoms with Crippen LogP contribution in [0.15, 0.2) is 0 Å². The van der Waals surface area contributed by atoms with Crippen LogP contribution in [0.2, 0.25) is 0 Å². The molecular formula is C20H42NOP. The van der Waals surface area contributed by atoms with Gasteiger partial charge in [-0.05, 0) is 31.6 Å². The fourth-order valence-electron chi connectivity index (χ4n) is 3.41. The summed E-state index contributed by atoms with van der Waals surface area (Å²) in [7, 11) is 2.82. The zero-order valence-corrected chi connectivity index (χ0v) is 17.6. The van der Waals surface area contributed by atoms with Gasteiger partial charge in [-0.25, -0.2) is 0 Å². The largest absolute Gasteiger partial charge is 0.348 e. The molecule has 3 heteroatoms. The van der Waals surface area contributed by atoms with E-state index in [1.807, 2.05) is 0 Å². The lowest BCUT2D eigenvalue weighted by molar-refractivity contribution is -0.124. The van der Waals surface area contributed by atoms with Gasteiger partial charge in [-0.2, -0.15) is 0 Å². The Morgan fingerprint density at radius 1 is 0.826 bits per heavy atom. The van der Waals surface area contributed by atoms with Crippen LogP contribution < -0.4 is 5.32 Å². The average molecular weight is 344 g/mol. The Labute approximate surface area is 148 Å². The lowest BCUT2D eigenvalue weighted by atomic mass is 9.77. The Bertz CT molecular complexity index is 317. The summed E-state index contributed by atoms with van der Waals surface area (Å²) in [6.07, 6.45) is 14.1. The van der Waals surface area contributed by atoms with Crippen molar-refractivity contribution in [3.8, 4) is 0 Å². The topological polar surface area (TPSA) is 29.1 Å². The van der Waals surface area contributed by atoms with Crippen molar-refractivity contribution in [3.05, 3.63) is 0 Å². The smallest absolute Gasteiger partial charge is 0.221 e. The Kier molecular flexibility index (Phi) is 12.2. The first-order chi connectivity index (χ1) is 10.8. The van der Waals surface area contributed by atoms with Crippen molar-refractivity contribution >= 4 is 15.1 Å². The number of carbonyl (C=O) groups is 1. The van der Waals surface area contributed by atoms with E-state index in [9.17, 15) is 4.79 Å². The van der Waals surface area contributed by atoms with Crippen molar-refractivity contribution in [2.24, 2.45) is 5.41 Å². The molecule has 0 heterocycles. The van der Waals surface area contributed by atoms with Gasteiger partial charge in [0.25, 0.3) is 0 Å². The zero-order valence-electron chi connectivity index (χ0n) is 16.5. The molecule has 0 saturated heterocycles. The molecule has 0 saturated carbocycles. The molecule has 0 radical (unpaired) electrons. The molecule has 138 valence electrons. The monoisotopic (exact) mass is 343 g/mol. The van der Waals surface area contributed by atoms with Gasteiger partial charge in [-0.15, -0.1) is 9.24 Å². The Balaban J connectivity index is 4.55. The van der Waals surface area contributed by atoms with Gasteiger partial charge in [0, 0.05) is 6.42 Å². The summed E-state index contributed by atoms with van der Waals surface area (Å²) in [5.74, 6) is 0.227. The molecule has 3 atom stereocenters. The van der Waals surface area contributed by atoms with Crippen LogP contribution in [-0.4, -0.2) is 11.2 Å².